The number of hydrogen-bond donors (Lipinski definition) is 1. The topological polar surface area (TPSA) is 35.2 Å². The lowest BCUT2D eigenvalue weighted by molar-refractivity contribution is 0.210. The summed E-state index contributed by atoms with van der Waals surface area (Å²) in [4.78, 5) is 0. The third kappa shape index (κ3) is 3.34. The van der Waals surface area contributed by atoms with Crippen molar-refractivity contribution < 1.29 is 4.74 Å². The first-order chi connectivity index (χ1) is 8.29. The molecule has 1 aliphatic rings. The Morgan fingerprint density at radius 2 is 1.94 bits per heavy atom. The van der Waals surface area contributed by atoms with Gasteiger partial charge in [-0.1, -0.05) is 18.2 Å². The van der Waals surface area contributed by atoms with Crippen LogP contribution in [0.15, 0.2) is 36.9 Å². The van der Waals surface area contributed by atoms with Crippen molar-refractivity contribution in [2.45, 2.75) is 44.2 Å². The van der Waals surface area contributed by atoms with Gasteiger partial charge in [0.25, 0.3) is 0 Å². The highest BCUT2D eigenvalue weighted by molar-refractivity contribution is 5.29. The van der Waals surface area contributed by atoms with Crippen molar-refractivity contribution >= 4 is 0 Å². The van der Waals surface area contributed by atoms with E-state index in [0.717, 1.165) is 17.7 Å². The van der Waals surface area contributed by atoms with Crippen molar-refractivity contribution in [2.75, 3.05) is 0 Å². The first kappa shape index (κ1) is 12.2. The summed E-state index contributed by atoms with van der Waals surface area (Å²) in [7, 11) is 0. The SMILES string of the molecule is C=CC[C@H](N)c1ccc(OC2CCCC2)cc1. The van der Waals surface area contributed by atoms with Crippen LogP contribution in [0.5, 0.6) is 5.75 Å². The number of benzene rings is 1. The van der Waals surface area contributed by atoms with E-state index in [4.69, 9.17) is 10.5 Å². The molecule has 0 bridgehead atoms. The van der Waals surface area contributed by atoms with E-state index in [1.165, 1.54) is 25.7 Å². The maximum Gasteiger partial charge on any atom is 0.119 e. The molecule has 92 valence electrons. The van der Waals surface area contributed by atoms with E-state index in [9.17, 15) is 0 Å². The fourth-order valence-corrected chi connectivity index (χ4v) is 2.31. The quantitative estimate of drug-likeness (QED) is 0.786. The summed E-state index contributed by atoms with van der Waals surface area (Å²) in [5.41, 5.74) is 7.15. The molecular weight excluding hydrogens is 210 g/mol. The Balaban J connectivity index is 1.94. The fraction of sp³-hybridized carbons (Fsp3) is 0.467. The fourth-order valence-electron chi connectivity index (χ4n) is 2.31. The van der Waals surface area contributed by atoms with Gasteiger partial charge in [0.2, 0.25) is 0 Å². The van der Waals surface area contributed by atoms with Crippen LogP contribution < -0.4 is 10.5 Å². The molecule has 2 nitrogen and oxygen atoms in total. The van der Waals surface area contributed by atoms with Crippen molar-refractivity contribution in [3.8, 4) is 5.75 Å². The molecule has 1 fully saturated rings. The summed E-state index contributed by atoms with van der Waals surface area (Å²) in [5, 5.41) is 0. The molecule has 1 aromatic carbocycles. The molecule has 1 aliphatic carbocycles. The molecule has 0 spiro atoms. The lowest BCUT2D eigenvalue weighted by Gasteiger charge is -2.14. The van der Waals surface area contributed by atoms with Gasteiger partial charge in [-0.2, -0.15) is 0 Å². The summed E-state index contributed by atoms with van der Waals surface area (Å²) in [6, 6.07) is 8.21. The van der Waals surface area contributed by atoms with Crippen LogP contribution in [0.4, 0.5) is 0 Å². The molecule has 0 radical (unpaired) electrons. The summed E-state index contributed by atoms with van der Waals surface area (Å²) in [5.74, 6) is 0.964. The van der Waals surface area contributed by atoms with Gasteiger partial charge in [0, 0.05) is 6.04 Å². The maximum absolute atomic E-state index is 6.01. The number of ether oxygens (including phenoxy) is 1. The second-order valence-electron chi connectivity index (χ2n) is 4.72. The summed E-state index contributed by atoms with van der Waals surface area (Å²) >= 11 is 0. The van der Waals surface area contributed by atoms with Crippen molar-refractivity contribution in [1.82, 2.24) is 0 Å². The Kier molecular flexibility index (Phi) is 4.21. The standard InChI is InChI=1S/C15H21NO/c1-2-5-15(16)12-8-10-14(11-9-12)17-13-6-3-4-7-13/h2,8-11,13,15H,1,3-7,16H2/t15-/m0/s1. The molecule has 0 unspecified atom stereocenters. The van der Waals surface area contributed by atoms with Crippen molar-refractivity contribution in [3.05, 3.63) is 42.5 Å². The Morgan fingerprint density at radius 3 is 2.53 bits per heavy atom. The Morgan fingerprint density at radius 1 is 1.29 bits per heavy atom. The molecule has 17 heavy (non-hydrogen) atoms. The molecule has 1 atom stereocenters. The summed E-state index contributed by atoms with van der Waals surface area (Å²) in [6.07, 6.45) is 8.06. The van der Waals surface area contributed by atoms with Crippen LogP contribution in [0, 0.1) is 0 Å². The van der Waals surface area contributed by atoms with Gasteiger partial charge >= 0.3 is 0 Å². The molecule has 0 aromatic heterocycles. The van der Waals surface area contributed by atoms with E-state index < -0.39 is 0 Å². The molecule has 2 N–H and O–H groups in total. The second-order valence-corrected chi connectivity index (χ2v) is 4.72. The zero-order chi connectivity index (χ0) is 12.1. The van der Waals surface area contributed by atoms with Crippen LogP contribution in [0.1, 0.15) is 43.7 Å². The van der Waals surface area contributed by atoms with Gasteiger partial charge in [-0.05, 0) is 49.8 Å². The van der Waals surface area contributed by atoms with Gasteiger partial charge in [0.05, 0.1) is 6.10 Å². The third-order valence-electron chi connectivity index (χ3n) is 3.33. The van der Waals surface area contributed by atoms with Gasteiger partial charge in [-0.25, -0.2) is 0 Å². The van der Waals surface area contributed by atoms with E-state index >= 15 is 0 Å². The number of rotatable bonds is 5. The minimum Gasteiger partial charge on any atom is -0.490 e. The van der Waals surface area contributed by atoms with E-state index in [1.807, 2.05) is 18.2 Å². The van der Waals surface area contributed by atoms with Crippen molar-refractivity contribution in [2.24, 2.45) is 5.73 Å². The van der Waals surface area contributed by atoms with Crippen LogP contribution in [0.25, 0.3) is 0 Å². The van der Waals surface area contributed by atoms with E-state index in [1.54, 1.807) is 0 Å². The average molecular weight is 231 g/mol. The zero-order valence-corrected chi connectivity index (χ0v) is 10.3. The highest BCUT2D eigenvalue weighted by Crippen LogP contribution is 2.25. The average Bonchev–Trinajstić information content (AvgIpc) is 2.83. The second kappa shape index (κ2) is 5.87. The van der Waals surface area contributed by atoms with Crippen LogP contribution in [-0.2, 0) is 0 Å². The normalized spacial score (nSPS) is 17.9. The molecule has 0 amide bonds. The van der Waals surface area contributed by atoms with E-state index in [-0.39, 0.29) is 6.04 Å². The lowest BCUT2D eigenvalue weighted by Crippen LogP contribution is -2.11. The van der Waals surface area contributed by atoms with Gasteiger partial charge in [-0.3, -0.25) is 0 Å². The van der Waals surface area contributed by atoms with Crippen LogP contribution >= 0.6 is 0 Å². The Labute approximate surface area is 103 Å². The molecule has 0 heterocycles. The van der Waals surface area contributed by atoms with Gasteiger partial charge in [-0.15, -0.1) is 6.58 Å². The minimum absolute atomic E-state index is 0.0491. The predicted octanol–water partition coefficient (Wildman–Crippen LogP) is 3.58. The molecule has 0 saturated heterocycles. The molecule has 1 saturated carbocycles. The molecule has 0 aliphatic heterocycles. The number of hydrogen-bond acceptors (Lipinski definition) is 2. The van der Waals surface area contributed by atoms with E-state index in [0.29, 0.717) is 6.10 Å². The molecule has 1 aromatic rings. The molecule has 2 heteroatoms. The third-order valence-corrected chi connectivity index (χ3v) is 3.33. The lowest BCUT2D eigenvalue weighted by atomic mass is 10.0. The minimum atomic E-state index is 0.0491. The summed E-state index contributed by atoms with van der Waals surface area (Å²) in [6.45, 7) is 3.71. The van der Waals surface area contributed by atoms with Gasteiger partial charge < -0.3 is 10.5 Å². The Bertz CT molecular complexity index is 352. The first-order valence-electron chi connectivity index (χ1n) is 6.42. The Hall–Kier alpha value is -1.28. The largest absolute Gasteiger partial charge is 0.490 e. The van der Waals surface area contributed by atoms with Crippen LogP contribution in [0.3, 0.4) is 0 Å². The van der Waals surface area contributed by atoms with Crippen molar-refractivity contribution in [1.29, 1.82) is 0 Å². The highest BCUT2D eigenvalue weighted by atomic mass is 16.5. The highest BCUT2D eigenvalue weighted by Gasteiger charge is 2.16. The molecular formula is C15H21NO. The monoisotopic (exact) mass is 231 g/mol. The zero-order valence-electron chi connectivity index (χ0n) is 10.3. The van der Waals surface area contributed by atoms with Crippen LogP contribution in [0.2, 0.25) is 0 Å². The van der Waals surface area contributed by atoms with Gasteiger partial charge in [0.15, 0.2) is 0 Å². The summed E-state index contributed by atoms with van der Waals surface area (Å²) < 4.78 is 5.91. The van der Waals surface area contributed by atoms with Crippen LogP contribution in [-0.4, -0.2) is 6.10 Å². The first-order valence-corrected chi connectivity index (χ1v) is 6.42. The van der Waals surface area contributed by atoms with Gasteiger partial charge in [0.1, 0.15) is 5.75 Å². The predicted molar refractivity (Wildman–Crippen MR) is 71.1 cm³/mol. The van der Waals surface area contributed by atoms with E-state index in [2.05, 4.69) is 18.7 Å². The number of nitrogens with two attached hydrogens (primary N) is 1. The smallest absolute Gasteiger partial charge is 0.119 e. The maximum atomic E-state index is 6.01. The molecule has 2 rings (SSSR count). The van der Waals surface area contributed by atoms with Crippen molar-refractivity contribution in [3.63, 3.8) is 0 Å².